The molecule has 150 heavy (non-hydrogen) atoms. The second kappa shape index (κ2) is 73.9. The highest BCUT2D eigenvalue weighted by Crippen LogP contribution is 2.16. The third kappa shape index (κ3) is 61.9. The summed E-state index contributed by atoms with van der Waals surface area (Å²) in [4.78, 5) is 246. The Labute approximate surface area is 865 Å². The summed E-state index contributed by atoms with van der Waals surface area (Å²) in [6.07, 6.45) is -6.48. The number of aliphatic carboxylic acids is 1. The van der Waals surface area contributed by atoms with Crippen LogP contribution in [0.25, 0.3) is 0 Å². The highest BCUT2D eigenvalue weighted by atomic mass is 16.4. The van der Waals surface area contributed by atoms with Gasteiger partial charge in [0.15, 0.2) is 65.6 Å². The second-order valence-electron chi connectivity index (χ2n) is 34.8. The lowest BCUT2D eigenvalue weighted by atomic mass is 10.0. The van der Waals surface area contributed by atoms with Crippen molar-refractivity contribution in [2.75, 3.05) is 78.5 Å². The number of amides is 16. The van der Waals surface area contributed by atoms with Crippen LogP contribution in [0.15, 0.2) is 0 Å². The van der Waals surface area contributed by atoms with Crippen LogP contribution >= 0.6 is 0 Å². The summed E-state index contributed by atoms with van der Waals surface area (Å²) in [7, 11) is 0. The molecule has 1 aliphatic rings. The average molecular weight is 2130 g/mol. The van der Waals surface area contributed by atoms with Crippen LogP contribution in [-0.4, -0.2) is 334 Å². The van der Waals surface area contributed by atoms with Crippen molar-refractivity contribution in [2.24, 2.45) is 68.8 Å². The third-order valence-corrected chi connectivity index (χ3v) is 22.1. The van der Waals surface area contributed by atoms with E-state index in [4.69, 9.17) is 128 Å². The van der Waals surface area contributed by atoms with Gasteiger partial charge in [0.25, 0.3) is 0 Å². The van der Waals surface area contributed by atoms with Gasteiger partial charge in [0.2, 0.25) is 94.5 Å². The van der Waals surface area contributed by atoms with Gasteiger partial charge < -0.3 is 212 Å². The minimum Gasteiger partial charge on any atom is -0.480 e. The van der Waals surface area contributed by atoms with Crippen LogP contribution in [0.2, 0.25) is 0 Å². The van der Waals surface area contributed by atoms with E-state index in [1.165, 1.54) is 0 Å². The number of guanidine groups is 11. The number of carbonyl (C=O) groups excluding carboxylic acids is 16. The van der Waals surface area contributed by atoms with Gasteiger partial charge in [-0.25, -0.2) is 4.79 Å². The fourth-order valence-corrected chi connectivity index (χ4v) is 14.5. The van der Waals surface area contributed by atoms with Gasteiger partial charge in [0.05, 0.1) is 6.42 Å². The van der Waals surface area contributed by atoms with Crippen LogP contribution < -0.4 is 207 Å². The Hall–Kier alpha value is -17.0. The number of hydrogen-bond donors (Lipinski definition) is 50. The molecule has 0 aromatic carbocycles. The molecule has 14 atom stereocenters. The quantitative estimate of drug-likeness (QED) is 0.0153. The minimum atomic E-state index is -2.03. The van der Waals surface area contributed by atoms with E-state index in [0.717, 1.165) is 6.92 Å². The minimum absolute atomic E-state index is 0.0227. The van der Waals surface area contributed by atoms with Gasteiger partial charge in [-0.1, -0.05) is 0 Å². The molecule has 67 heteroatoms. The monoisotopic (exact) mass is 2130 g/mol. The van der Waals surface area contributed by atoms with Gasteiger partial charge in [-0.15, -0.1) is 0 Å². The molecule has 0 aromatic heterocycles. The zero-order valence-corrected chi connectivity index (χ0v) is 84.2. The Morgan fingerprint density at radius 1 is 0.300 bits per heavy atom. The zero-order valence-electron chi connectivity index (χ0n) is 84.2. The van der Waals surface area contributed by atoms with Crippen molar-refractivity contribution < 1.29 is 86.6 Å². The zero-order chi connectivity index (χ0) is 113. The van der Waals surface area contributed by atoms with Crippen molar-refractivity contribution in [1.82, 2.24) is 138 Å². The second-order valence-corrected chi connectivity index (χ2v) is 34.8. The molecule has 0 saturated carbocycles. The molecule has 0 aromatic rings. The molecule has 1 heterocycles. The van der Waals surface area contributed by atoms with E-state index in [1.807, 2.05) is 0 Å². The van der Waals surface area contributed by atoms with Crippen molar-refractivity contribution in [3.8, 4) is 0 Å². The number of primary amides is 1. The van der Waals surface area contributed by atoms with Crippen LogP contribution in [0.5, 0.6) is 0 Å². The summed E-state index contributed by atoms with van der Waals surface area (Å²) in [6, 6.07) is -23.7. The molecule has 1 fully saturated rings. The van der Waals surface area contributed by atoms with Crippen molar-refractivity contribution in [3.05, 3.63) is 0 Å². The van der Waals surface area contributed by atoms with Crippen LogP contribution in [0.1, 0.15) is 187 Å². The predicted octanol–water partition coefficient (Wildman–Crippen LogP) is -16.3. The topological polar surface area (TPSA) is 1200 Å². The lowest BCUT2D eigenvalue weighted by Gasteiger charge is -2.29. The number of hydrogen-bond acceptors (Lipinski definition) is 28. The molecule has 0 spiro atoms. The van der Waals surface area contributed by atoms with Crippen LogP contribution in [0.3, 0.4) is 0 Å². The van der Waals surface area contributed by atoms with E-state index in [9.17, 15) is 43.5 Å². The number of carboxylic acids is 1. The first-order valence-corrected chi connectivity index (χ1v) is 48.7. The van der Waals surface area contributed by atoms with Gasteiger partial charge in [0.1, 0.15) is 84.6 Å². The van der Waals surface area contributed by atoms with Gasteiger partial charge in [-0.3, -0.25) is 136 Å². The SMILES string of the molecule is CC(=O)N[C@@H](CCCNC(=N)N)C(=O)N[C@@H](CCCNC(=N)N)C(=O)N[C@@H](CCCNC(=N)N)C(=O)N[C@H]1CC(=O)NCCCC[C@@H](C(=O)N[C@@H](CCCNC(=N)N)C(=O)N[C@@H](CCCNC(=N)N)C(=O)N[C@@H](CCCNC(=N)N)C(=O)N[C@@H](CCCNC(=N)N)C(=O)N[C@@H](CCCNC(=N)N)C(=O)N[C@@H](CCCNC(=N)N)C(=O)O)NC(=O)[C@H](CCC(N)=O)NC(=O)[C@H](CCCNC(=N)N)NC(=O)[C@H](CCCNC(=N)N)NC1=O. The van der Waals surface area contributed by atoms with E-state index in [-0.39, 0.29) is 232 Å². The molecule has 0 radical (unpaired) electrons. The Morgan fingerprint density at radius 2 is 0.533 bits per heavy atom. The summed E-state index contributed by atoms with van der Waals surface area (Å²) in [5.41, 5.74) is 66.6. The summed E-state index contributed by atoms with van der Waals surface area (Å²) in [5.74, 6) is -23.8. The van der Waals surface area contributed by atoms with Gasteiger partial charge >= 0.3 is 5.97 Å². The maximum Gasteiger partial charge on any atom is 0.326 e. The number of carbonyl (C=O) groups is 17. The first-order valence-electron chi connectivity index (χ1n) is 48.7. The van der Waals surface area contributed by atoms with Crippen LogP contribution in [-0.2, 0) is 81.5 Å². The standard InChI is InChI=1S/C83H159N49O18/c1-42(133)119-43(16-4-30-108-73(85)86)59(136)121-45(17-5-31-109-74(87)88)61(138)128-53(25-13-39-117-82(103)104)69(146)132-56-41-58(135)107-29-3-2-15-44(120-70(147)54(27-28-57(84)134)130-67(144)50(22-10-36-114-79(97)98)126-66(143)51(129-71(56)148)23-11-37-115-80(99)100)60(137)122-46(18-6-32-110-75(89)90)62(139)123-47(19-7-33-111-76(91)92)63(140)124-48(20-8-34-112-77(93)94)64(141)125-49(21-9-35-113-78(95)96)65(142)127-52(24-12-38-116-81(101)102)68(145)131-55(72(149)150)26-14-40-118-83(105)106/h43-56H,2-41H2,1H3,(H2,84,134)(H,107,135)(H,119,133)(H,120,147)(H,121,136)(H,122,137)(H,123,139)(H,124,140)(H,125,141)(H,126,143)(H,127,142)(H,128,138)(H,129,148)(H,130,144)(H,131,145)(H,132,146)(H,149,150)(H4,85,86,108)(H4,87,88,109)(H4,89,90,110)(H4,91,92,111)(H4,93,94,112)(H4,95,96,113)(H4,97,98,114)(H4,99,100,115)(H4,101,102,116)(H4,103,104,117)(H4,105,106,118)/t43-,44-,45-,46-,47-,48-,49-,50-,51-,52-,53-,54-,55-,56-/m0/s1. The van der Waals surface area contributed by atoms with Crippen molar-refractivity contribution in [2.45, 2.75) is 271 Å². The smallest absolute Gasteiger partial charge is 0.326 e. The van der Waals surface area contributed by atoms with Crippen LogP contribution in [0.4, 0.5) is 0 Å². The van der Waals surface area contributed by atoms with E-state index in [1.54, 1.807) is 0 Å². The number of nitrogens with two attached hydrogens (primary N) is 12. The molecule has 67 nitrogen and oxygen atoms in total. The van der Waals surface area contributed by atoms with Crippen molar-refractivity contribution >= 4 is 166 Å². The van der Waals surface area contributed by atoms with Gasteiger partial charge in [-0.2, -0.15) is 0 Å². The van der Waals surface area contributed by atoms with Gasteiger partial charge in [0, 0.05) is 91.9 Å². The van der Waals surface area contributed by atoms with Crippen molar-refractivity contribution in [1.29, 1.82) is 59.5 Å². The maximum atomic E-state index is 15.4. The number of carboxylic acid groups (broad SMARTS) is 1. The molecular weight excluding hydrogens is 1970 g/mol. The highest BCUT2D eigenvalue weighted by Gasteiger charge is 2.40. The Bertz CT molecular complexity index is 4570. The third-order valence-electron chi connectivity index (χ3n) is 22.1. The molecule has 0 unspecified atom stereocenters. The molecule has 0 aliphatic carbocycles. The predicted molar refractivity (Wildman–Crippen MR) is 551 cm³/mol. The first-order chi connectivity index (χ1) is 70.8. The molecule has 844 valence electrons. The fourth-order valence-electron chi connectivity index (χ4n) is 14.5. The molecule has 62 N–H and O–H groups in total. The first kappa shape index (κ1) is 131. The number of rotatable bonds is 67. The molecular formula is C83H159N49O18. The summed E-state index contributed by atoms with van der Waals surface area (Å²) < 4.78 is 0. The van der Waals surface area contributed by atoms with E-state index < -0.39 is 277 Å². The van der Waals surface area contributed by atoms with Gasteiger partial charge in [-0.05, 0) is 167 Å². The Balaban J connectivity index is 4.53. The fraction of sp³-hybridized carbons (Fsp3) is 0.663. The molecule has 16 amide bonds. The molecule has 1 rings (SSSR count). The lowest BCUT2D eigenvalue weighted by molar-refractivity contribution is -0.142. The maximum absolute atomic E-state index is 15.4. The van der Waals surface area contributed by atoms with Crippen LogP contribution in [0, 0.1) is 59.5 Å². The summed E-state index contributed by atoms with van der Waals surface area (Å²) in [5, 5.41) is 161. The largest absolute Gasteiger partial charge is 0.480 e. The molecule has 0 bridgehead atoms. The van der Waals surface area contributed by atoms with E-state index in [0.29, 0.717) is 0 Å². The average Bonchev–Trinajstić information content (AvgIpc) is 0.847. The molecule has 1 saturated heterocycles. The van der Waals surface area contributed by atoms with E-state index >= 15 is 43.2 Å². The number of nitrogens with one attached hydrogen (secondary N) is 37. The molecule has 1 aliphatic heterocycles. The highest BCUT2D eigenvalue weighted by molar-refractivity contribution is 6.02. The Kier molecular flexibility index (Phi) is 64.6. The summed E-state index contributed by atoms with van der Waals surface area (Å²) in [6.45, 7) is 0.0289. The normalized spacial score (nSPS) is 16.6. The lowest BCUT2D eigenvalue weighted by Crippen LogP contribution is -2.61. The summed E-state index contributed by atoms with van der Waals surface area (Å²) >= 11 is 0. The van der Waals surface area contributed by atoms with Crippen molar-refractivity contribution in [3.63, 3.8) is 0 Å². The Morgan fingerprint density at radius 3 is 0.800 bits per heavy atom. The van der Waals surface area contributed by atoms with E-state index in [2.05, 4.69) is 138 Å².